The second-order valence-electron chi connectivity index (χ2n) is 23.6. The highest BCUT2D eigenvalue weighted by Gasteiger charge is 2.53. The number of methoxy groups -OCH3 is 3. The first-order valence-corrected chi connectivity index (χ1v) is 30.6. The first-order chi connectivity index (χ1) is 39.2. The zero-order chi connectivity index (χ0) is 61.3. The largest absolute Gasteiger partial charge is 0.460 e. The van der Waals surface area contributed by atoms with Crippen molar-refractivity contribution in [2.24, 2.45) is 35.5 Å². The first kappa shape index (κ1) is 68.4. The number of nitrogens with zero attached hydrogens (tertiary/aromatic N) is 2. The second kappa shape index (κ2) is 31.6. The molecule has 3 heterocycles. The summed E-state index contributed by atoms with van der Waals surface area (Å²) in [6.45, 7) is 12.4. The van der Waals surface area contributed by atoms with Crippen molar-refractivity contribution in [1.82, 2.24) is 14.5 Å². The van der Waals surface area contributed by atoms with Crippen molar-refractivity contribution in [1.29, 1.82) is 0 Å². The number of fused-ring (bicyclic) bond motifs is 3. The molecule has 1 aliphatic carbocycles. The van der Waals surface area contributed by atoms with Gasteiger partial charge in [0.1, 0.15) is 24.0 Å². The van der Waals surface area contributed by atoms with E-state index in [1.54, 1.807) is 65.9 Å². The molecule has 2 bridgehead atoms. The topological polar surface area (TPSA) is 257 Å². The molecule has 3 fully saturated rings. The van der Waals surface area contributed by atoms with Gasteiger partial charge < -0.3 is 43.2 Å². The average molecular weight is 1180 g/mol. The van der Waals surface area contributed by atoms with Crippen LogP contribution in [0.1, 0.15) is 126 Å². The molecule has 0 spiro atoms. The highest BCUT2D eigenvalue weighted by molar-refractivity contribution is 7.90. The first-order valence-electron chi connectivity index (χ1n) is 29.2. The molecule has 1 aromatic carbocycles. The fourth-order valence-electron chi connectivity index (χ4n) is 11.7. The summed E-state index contributed by atoms with van der Waals surface area (Å²) in [6, 6.07) is 6.15. The van der Waals surface area contributed by atoms with E-state index in [1.165, 1.54) is 38.5 Å². The van der Waals surface area contributed by atoms with Gasteiger partial charge in [-0.1, -0.05) is 89.3 Å². The quantitative estimate of drug-likeness (QED) is 0.0893. The second-order valence-corrected chi connectivity index (χ2v) is 25.3. The van der Waals surface area contributed by atoms with Crippen LogP contribution in [-0.4, -0.2) is 168 Å². The van der Waals surface area contributed by atoms with Crippen LogP contribution in [0.3, 0.4) is 0 Å². The molecule has 21 heteroatoms. The Hall–Kier alpha value is -5.42. The van der Waals surface area contributed by atoms with Gasteiger partial charge >= 0.3 is 18.0 Å². The molecule has 3 aliphatic heterocycles. The number of Topliss-reactive ketones (excluding diaryl/α,β-unsaturated/α-hetero) is 3. The third-order valence-electron chi connectivity index (χ3n) is 16.7. The molecule has 4 aliphatic rings. The molecule has 20 nitrogen and oxygen atoms in total. The van der Waals surface area contributed by atoms with Gasteiger partial charge in [0.05, 0.1) is 29.8 Å². The number of hydrogen-bond acceptors (Lipinski definition) is 18. The van der Waals surface area contributed by atoms with E-state index in [1.807, 2.05) is 55.9 Å². The summed E-state index contributed by atoms with van der Waals surface area (Å²) in [5.74, 6) is -9.80. The summed E-state index contributed by atoms with van der Waals surface area (Å²) in [5.41, 5.74) is 1.23. The number of ether oxygens (including phenoxy) is 7. The van der Waals surface area contributed by atoms with E-state index < -0.39 is 118 Å². The van der Waals surface area contributed by atoms with Crippen LogP contribution in [0.5, 0.6) is 0 Å². The SMILES string of the molecule is CO[C@H]1C[C@@H]2CC[C@@H](C)[C@@](O)(O2)C(=O)C(=O)N2CCCC[C@H]2C(=O)O[C@H]([C@H](C)C[C@@H]2CC[C@@H](OC(=O)NS(=O)(=O)c3ccccc3)[C@H](OC)C2)CC(=O)[C@H](C)/C=C(\C)[C@@H](OC(=O)CN(C)C)[C@@H](OC)C(=O)[C@H](C)C[C@H](C)\C=C/C=C/C=C/1C. The molecule has 5 rings (SSSR count). The number of sulfonamides is 1. The Morgan fingerprint density at radius 3 is 2.20 bits per heavy atom. The monoisotopic (exact) mass is 1180 g/mol. The number of carbonyl (C=O) groups excluding carboxylic acids is 7. The molecule has 2 N–H and O–H groups in total. The molecular weight excluding hydrogens is 1090 g/mol. The Kier molecular flexibility index (Phi) is 26.1. The van der Waals surface area contributed by atoms with Gasteiger partial charge in [0.15, 0.2) is 18.0 Å². The minimum atomic E-state index is -4.22. The zero-order valence-electron chi connectivity index (χ0n) is 50.6. The predicted molar refractivity (Wildman–Crippen MR) is 309 cm³/mol. The van der Waals surface area contributed by atoms with Crippen molar-refractivity contribution < 1.29 is 80.2 Å². The van der Waals surface area contributed by atoms with E-state index in [0.29, 0.717) is 63.4 Å². The lowest BCUT2D eigenvalue weighted by atomic mass is 9.78. The molecular formula is C62H91N3O17S. The Bertz CT molecular complexity index is 2640. The highest BCUT2D eigenvalue weighted by Crippen LogP contribution is 2.38. The molecule has 2 saturated heterocycles. The number of carbonyl (C=O) groups is 7. The van der Waals surface area contributed by atoms with Crippen LogP contribution in [-0.2, 0) is 71.9 Å². The van der Waals surface area contributed by atoms with Gasteiger partial charge in [-0.3, -0.25) is 28.9 Å². The normalized spacial score (nSPS) is 34.2. The molecule has 83 heavy (non-hydrogen) atoms. The standard InChI is InChI=1S/C62H91N3O17S/c1-38-21-15-13-16-22-39(2)51(76-10)35-46-28-26-44(7)62(73,82-46)58(69)59(70)65-30-20-19-25-48(65)60(71)79-52(36-49(66)40(3)32-43(6)56(81-54(67)37-64(8)9)57(78-12)55(68)42(5)31-38)41(4)33-45-27-29-50(53(34-45)77-11)80-61(72)63-83(74,75)47-23-17-14-18-24-47/h13-18,21-24,32,38,40-42,44-46,48,50-53,56-57,73H,19-20,25-31,33-37H2,1-12H3,(H,63,72)/b16-13+,21-15-,39-22+,43-32+/t38-,40-,41-,42-,44-,45+,46+,48+,50-,51+,52+,53-,56-,57+,62-/m1/s1. The van der Waals surface area contributed by atoms with Gasteiger partial charge in [0.25, 0.3) is 21.7 Å². The summed E-state index contributed by atoms with van der Waals surface area (Å²) in [4.78, 5) is 102. The molecule has 462 valence electrons. The number of allylic oxidation sites excluding steroid dienone is 6. The Morgan fingerprint density at radius 2 is 1.54 bits per heavy atom. The van der Waals surface area contributed by atoms with E-state index in [2.05, 4.69) is 0 Å². The van der Waals surface area contributed by atoms with E-state index >= 15 is 0 Å². The van der Waals surface area contributed by atoms with E-state index in [4.69, 9.17) is 33.2 Å². The van der Waals surface area contributed by atoms with Gasteiger partial charge in [-0.2, -0.15) is 0 Å². The van der Waals surface area contributed by atoms with E-state index in [0.717, 1.165) is 10.5 Å². The Labute approximate surface area is 491 Å². The molecule has 15 atom stereocenters. The summed E-state index contributed by atoms with van der Waals surface area (Å²) < 4.78 is 69.5. The van der Waals surface area contributed by atoms with Crippen LogP contribution in [0.4, 0.5) is 4.79 Å². The number of piperidine rings is 1. The average Bonchev–Trinajstić information content (AvgIpc) is 2.92. The number of rotatable bonds is 12. The van der Waals surface area contributed by atoms with Gasteiger partial charge in [0.2, 0.25) is 5.79 Å². The molecule has 0 aromatic heterocycles. The fraction of sp³-hybridized carbons (Fsp3) is 0.661. The van der Waals surface area contributed by atoms with Crippen LogP contribution in [0.25, 0.3) is 0 Å². The smallest absolute Gasteiger partial charge is 0.421 e. The molecule has 0 radical (unpaired) electrons. The number of esters is 2. The Morgan fingerprint density at radius 1 is 0.831 bits per heavy atom. The fourth-order valence-corrected chi connectivity index (χ4v) is 12.6. The van der Waals surface area contributed by atoms with Gasteiger partial charge in [-0.15, -0.1) is 0 Å². The lowest BCUT2D eigenvalue weighted by Crippen LogP contribution is -2.61. The molecule has 0 unspecified atom stereocenters. The van der Waals surface area contributed by atoms with Gasteiger partial charge in [-0.05, 0) is 133 Å². The van der Waals surface area contributed by atoms with Crippen molar-refractivity contribution in [2.45, 2.75) is 185 Å². The number of cyclic esters (lactones) is 1. The summed E-state index contributed by atoms with van der Waals surface area (Å²) in [7, 11) is 3.57. The number of aliphatic hydroxyl groups is 1. The third kappa shape index (κ3) is 19.0. The maximum atomic E-state index is 14.7. The van der Waals surface area contributed by atoms with E-state index in [-0.39, 0.29) is 60.6 Å². The molecule has 1 saturated carbocycles. The minimum absolute atomic E-state index is 0.0137. The zero-order valence-corrected chi connectivity index (χ0v) is 51.4. The highest BCUT2D eigenvalue weighted by atomic mass is 32.2. The van der Waals surface area contributed by atoms with Crippen LogP contribution in [0.15, 0.2) is 82.8 Å². The van der Waals surface area contributed by atoms with Crippen molar-refractivity contribution in [2.75, 3.05) is 48.5 Å². The van der Waals surface area contributed by atoms with Crippen LogP contribution in [0.2, 0.25) is 0 Å². The lowest BCUT2D eigenvalue weighted by Gasteiger charge is -2.42. The number of ketones is 3. The van der Waals surface area contributed by atoms with Crippen LogP contribution >= 0.6 is 0 Å². The summed E-state index contributed by atoms with van der Waals surface area (Å²) in [5, 5.41) is 12.1. The number of amides is 2. The molecule has 2 amide bonds. The Balaban J connectivity index is 1.49. The predicted octanol–water partition coefficient (Wildman–Crippen LogP) is 7.42. The number of benzene rings is 1. The minimum Gasteiger partial charge on any atom is -0.460 e. The van der Waals surface area contributed by atoms with Crippen LogP contribution < -0.4 is 4.72 Å². The molecule has 1 aromatic rings. The van der Waals surface area contributed by atoms with E-state index in [9.17, 15) is 47.1 Å². The number of hydrogen-bond donors (Lipinski definition) is 2. The maximum Gasteiger partial charge on any atom is 0.421 e. The summed E-state index contributed by atoms with van der Waals surface area (Å²) >= 11 is 0. The summed E-state index contributed by atoms with van der Waals surface area (Å²) in [6.07, 6.45) is 7.67. The van der Waals surface area contributed by atoms with Gasteiger partial charge in [0, 0.05) is 58.5 Å². The van der Waals surface area contributed by atoms with Crippen molar-refractivity contribution >= 4 is 51.3 Å². The maximum absolute atomic E-state index is 14.7. The van der Waals surface area contributed by atoms with Crippen molar-refractivity contribution in [3.63, 3.8) is 0 Å². The van der Waals surface area contributed by atoms with Crippen LogP contribution in [0, 0.1) is 35.5 Å². The lowest BCUT2D eigenvalue weighted by molar-refractivity contribution is -0.265. The third-order valence-corrected chi connectivity index (χ3v) is 18.0. The number of likely N-dealkylation sites (N-methyl/N-ethyl adjacent to an activating group) is 1. The van der Waals surface area contributed by atoms with Crippen molar-refractivity contribution in [3.8, 4) is 0 Å². The number of nitrogens with one attached hydrogen (secondary N) is 1. The van der Waals surface area contributed by atoms with Crippen molar-refractivity contribution in [3.05, 3.63) is 77.9 Å². The van der Waals surface area contributed by atoms with Gasteiger partial charge in [-0.25, -0.2) is 22.7 Å².